The van der Waals surface area contributed by atoms with E-state index < -0.39 is 17.1 Å². The zero-order valence-electron chi connectivity index (χ0n) is 16.2. The van der Waals surface area contributed by atoms with Gasteiger partial charge in [-0.1, -0.05) is 24.3 Å². The molecule has 0 unspecified atom stereocenters. The van der Waals surface area contributed by atoms with Crippen LogP contribution in [0.3, 0.4) is 0 Å². The Morgan fingerprint density at radius 2 is 1.84 bits per heavy atom. The summed E-state index contributed by atoms with van der Waals surface area (Å²) in [6, 6.07) is 16.4. The van der Waals surface area contributed by atoms with Crippen LogP contribution in [-0.4, -0.2) is 33.0 Å². The maximum atomic E-state index is 12.6. The molecule has 4 rings (SSSR count). The molecule has 0 aliphatic rings. The first-order valence-corrected chi connectivity index (χ1v) is 9.08. The van der Waals surface area contributed by atoms with Gasteiger partial charge in [0.2, 0.25) is 5.65 Å². The molecule has 0 bridgehead atoms. The summed E-state index contributed by atoms with van der Waals surface area (Å²) >= 11 is 0. The van der Waals surface area contributed by atoms with Gasteiger partial charge in [0, 0.05) is 18.1 Å². The van der Waals surface area contributed by atoms with E-state index in [1.807, 2.05) is 12.1 Å². The van der Waals surface area contributed by atoms with Crippen LogP contribution in [0.4, 0.5) is 11.4 Å². The minimum absolute atomic E-state index is 0.0631. The molecule has 0 amide bonds. The molecule has 0 spiro atoms. The monoisotopic (exact) mass is 413 g/mol. The van der Waals surface area contributed by atoms with Crippen molar-refractivity contribution in [3.05, 3.63) is 82.4 Å². The largest absolute Gasteiger partial charge is 0.465 e. The predicted octanol–water partition coefficient (Wildman–Crippen LogP) is 3.10. The Bertz CT molecular complexity index is 1420. The van der Waals surface area contributed by atoms with Gasteiger partial charge in [0.25, 0.3) is 0 Å². The lowest BCUT2D eigenvalue weighted by atomic mass is 10.0. The lowest BCUT2D eigenvalue weighted by Gasteiger charge is -2.14. The van der Waals surface area contributed by atoms with Crippen LogP contribution in [0.2, 0.25) is 0 Å². The molecule has 0 atom stereocenters. The van der Waals surface area contributed by atoms with Crippen molar-refractivity contribution in [2.24, 2.45) is 0 Å². The van der Waals surface area contributed by atoms with Crippen molar-refractivity contribution in [3.63, 3.8) is 0 Å². The van der Waals surface area contributed by atoms with Gasteiger partial charge in [-0.05, 0) is 35.4 Å². The smallest absolute Gasteiger partial charge is 0.345 e. The Kier molecular flexibility index (Phi) is 5.03. The first-order chi connectivity index (χ1) is 15.0. The highest BCUT2D eigenvalue weighted by atomic mass is 16.5. The van der Waals surface area contributed by atoms with Crippen LogP contribution < -0.4 is 10.9 Å². The summed E-state index contributed by atoms with van der Waals surface area (Å²) in [5, 5.41) is 22.3. The average molecular weight is 413 g/mol. The minimum atomic E-state index is -0.986. The number of methoxy groups -OCH3 is 1. The number of ether oxygens (including phenoxy) is 1. The highest BCUT2D eigenvalue weighted by molar-refractivity contribution is 6.04. The van der Waals surface area contributed by atoms with Crippen molar-refractivity contribution < 1.29 is 14.7 Å². The first-order valence-electron chi connectivity index (χ1n) is 9.08. The van der Waals surface area contributed by atoms with E-state index in [9.17, 15) is 14.8 Å². The third kappa shape index (κ3) is 3.54. The molecule has 0 saturated heterocycles. The summed E-state index contributed by atoms with van der Waals surface area (Å²) in [6.45, 7) is 0. The van der Waals surface area contributed by atoms with Crippen LogP contribution in [0.5, 0.6) is 0 Å². The lowest BCUT2D eigenvalue weighted by molar-refractivity contribution is 0.0594. The average Bonchev–Trinajstić information content (AvgIpc) is 2.82. The number of hydrogen-bond donors (Lipinski definition) is 2. The highest BCUT2D eigenvalue weighted by Gasteiger charge is 2.25. The van der Waals surface area contributed by atoms with E-state index in [1.54, 1.807) is 36.4 Å². The van der Waals surface area contributed by atoms with E-state index in [2.05, 4.69) is 21.4 Å². The molecule has 0 aliphatic heterocycles. The van der Waals surface area contributed by atoms with E-state index in [0.29, 0.717) is 11.3 Å². The Labute approximate surface area is 175 Å². The topological polar surface area (TPSA) is 130 Å². The molecule has 9 heteroatoms. The number of anilines is 2. The van der Waals surface area contributed by atoms with Gasteiger partial charge in [-0.15, -0.1) is 4.73 Å². The third-order valence-electron chi connectivity index (χ3n) is 4.62. The van der Waals surface area contributed by atoms with Crippen molar-refractivity contribution >= 4 is 28.5 Å². The summed E-state index contributed by atoms with van der Waals surface area (Å²) in [6.07, 6.45) is 2.70. The van der Waals surface area contributed by atoms with Gasteiger partial charge in [-0.2, -0.15) is 5.26 Å². The molecule has 2 aromatic heterocycles. The van der Waals surface area contributed by atoms with E-state index in [-0.39, 0.29) is 21.6 Å². The number of hydrogen-bond acceptors (Lipinski definition) is 8. The van der Waals surface area contributed by atoms with Gasteiger partial charge in [0.05, 0.1) is 24.4 Å². The molecule has 2 aromatic carbocycles. The van der Waals surface area contributed by atoms with Crippen LogP contribution in [-0.2, 0) is 4.74 Å². The number of nitrogens with one attached hydrogen (secondary N) is 1. The van der Waals surface area contributed by atoms with Crippen molar-refractivity contribution in [3.8, 4) is 17.2 Å². The van der Waals surface area contributed by atoms with Gasteiger partial charge in [0.15, 0.2) is 5.56 Å². The summed E-state index contributed by atoms with van der Waals surface area (Å²) in [4.78, 5) is 33.1. The third-order valence-corrected chi connectivity index (χ3v) is 4.62. The second-order valence-electron chi connectivity index (χ2n) is 6.49. The molecule has 152 valence electrons. The zero-order valence-corrected chi connectivity index (χ0v) is 16.2. The van der Waals surface area contributed by atoms with Crippen LogP contribution >= 0.6 is 0 Å². The van der Waals surface area contributed by atoms with Crippen molar-refractivity contribution in [2.45, 2.75) is 0 Å². The number of carbonyl (C=O) groups excluding carboxylic acids is 1. The van der Waals surface area contributed by atoms with Crippen molar-refractivity contribution in [1.29, 1.82) is 5.26 Å². The van der Waals surface area contributed by atoms with Gasteiger partial charge in [-0.3, -0.25) is 4.79 Å². The summed E-state index contributed by atoms with van der Waals surface area (Å²) < 4.78 is 5.00. The maximum Gasteiger partial charge on any atom is 0.345 e. The van der Waals surface area contributed by atoms with Crippen LogP contribution in [0.25, 0.3) is 22.3 Å². The van der Waals surface area contributed by atoms with Gasteiger partial charge in [-0.25, -0.2) is 14.8 Å². The van der Waals surface area contributed by atoms with Crippen LogP contribution in [0.1, 0.15) is 15.9 Å². The Balaban J connectivity index is 1.88. The summed E-state index contributed by atoms with van der Waals surface area (Å²) in [5.74, 6) is -0.930. The molecule has 4 aromatic rings. The second kappa shape index (κ2) is 7.96. The molecule has 0 radical (unpaired) electrons. The number of nitrogens with zero attached hydrogens (tertiary/aromatic N) is 4. The summed E-state index contributed by atoms with van der Waals surface area (Å²) in [7, 11) is 1.14. The van der Waals surface area contributed by atoms with E-state index in [4.69, 9.17) is 10.00 Å². The fourth-order valence-electron chi connectivity index (χ4n) is 3.19. The van der Waals surface area contributed by atoms with E-state index in [0.717, 1.165) is 18.2 Å². The minimum Gasteiger partial charge on any atom is -0.465 e. The number of benzene rings is 2. The number of rotatable bonds is 4. The Morgan fingerprint density at radius 1 is 1.13 bits per heavy atom. The second-order valence-corrected chi connectivity index (χ2v) is 6.49. The Morgan fingerprint density at radius 3 is 2.58 bits per heavy atom. The van der Waals surface area contributed by atoms with Gasteiger partial charge in [0.1, 0.15) is 5.52 Å². The number of carbonyl (C=O) groups is 1. The van der Waals surface area contributed by atoms with Crippen molar-refractivity contribution in [1.82, 2.24) is 14.7 Å². The molecule has 9 nitrogen and oxygen atoms in total. The molecular formula is C22H15N5O4. The number of pyridine rings is 1. The number of aromatic nitrogens is 3. The normalized spacial score (nSPS) is 10.5. The van der Waals surface area contributed by atoms with Crippen LogP contribution in [0.15, 0.2) is 65.7 Å². The SMILES string of the molecule is COC(=O)c1c(Nc2cccc(-c3cccc(C#N)c3)c2)c2nccnc2n(O)c1=O. The number of fused-ring (bicyclic) bond motifs is 1. The first kappa shape index (κ1) is 19.6. The lowest BCUT2D eigenvalue weighted by Crippen LogP contribution is -2.28. The van der Waals surface area contributed by atoms with Gasteiger partial charge < -0.3 is 15.3 Å². The fraction of sp³-hybridized carbons (Fsp3) is 0.0455. The summed E-state index contributed by atoms with van der Waals surface area (Å²) in [5.41, 5.74) is 1.38. The van der Waals surface area contributed by atoms with Crippen LogP contribution in [0, 0.1) is 11.3 Å². The number of esters is 1. The highest BCUT2D eigenvalue weighted by Crippen LogP contribution is 2.29. The fourth-order valence-corrected chi connectivity index (χ4v) is 3.19. The molecule has 2 heterocycles. The zero-order chi connectivity index (χ0) is 22.0. The maximum absolute atomic E-state index is 12.6. The predicted molar refractivity (Wildman–Crippen MR) is 112 cm³/mol. The molecular weight excluding hydrogens is 398 g/mol. The van der Waals surface area contributed by atoms with E-state index in [1.165, 1.54) is 12.4 Å². The molecule has 2 N–H and O–H groups in total. The standard InChI is InChI=1S/C22H15N5O4/c1-31-22(29)17-18(19-20(25-9-8-24-19)27(30)21(17)28)26-16-7-3-6-15(11-16)14-5-2-4-13(10-14)12-23/h2-11,26,30H,1H3. The molecule has 31 heavy (non-hydrogen) atoms. The molecule has 0 fully saturated rings. The molecule has 0 saturated carbocycles. The molecule has 0 aliphatic carbocycles. The van der Waals surface area contributed by atoms with Gasteiger partial charge >= 0.3 is 11.5 Å². The number of nitriles is 1. The van der Waals surface area contributed by atoms with E-state index >= 15 is 0 Å². The Hall–Kier alpha value is -4.71. The quantitative estimate of drug-likeness (QED) is 0.386. The van der Waals surface area contributed by atoms with Crippen molar-refractivity contribution in [2.75, 3.05) is 12.4 Å².